The van der Waals surface area contributed by atoms with Gasteiger partial charge >= 0.3 is 0 Å². The molecule has 1 aliphatic rings. The Hall–Kier alpha value is -5.76. The highest BCUT2D eigenvalue weighted by molar-refractivity contribution is 7.82. The first-order valence-electron chi connectivity index (χ1n) is 17.5. The highest BCUT2D eigenvalue weighted by Gasteiger charge is 2.38. The Bertz CT molecular complexity index is 2840. The van der Waals surface area contributed by atoms with E-state index in [0.717, 1.165) is 49.1 Å². The van der Waals surface area contributed by atoms with Crippen molar-refractivity contribution in [2.75, 3.05) is 0 Å². The topological polar surface area (TPSA) is 34.4 Å². The van der Waals surface area contributed by atoms with Crippen LogP contribution in [0, 0.1) is 0 Å². The van der Waals surface area contributed by atoms with Crippen LogP contribution in [-0.4, -0.2) is 9.38 Å². The van der Waals surface area contributed by atoms with E-state index >= 15 is 4.57 Å². The van der Waals surface area contributed by atoms with Gasteiger partial charge in [-0.15, -0.1) is 0 Å². The summed E-state index contributed by atoms with van der Waals surface area (Å²) in [6, 6.07) is 46.9. The van der Waals surface area contributed by atoms with Gasteiger partial charge in [0.1, 0.15) is 5.65 Å². The van der Waals surface area contributed by atoms with Crippen molar-refractivity contribution in [3.63, 3.8) is 0 Å². The summed E-state index contributed by atoms with van der Waals surface area (Å²) < 4.78 is 17.7. The van der Waals surface area contributed by atoms with E-state index < -0.39 is 7.14 Å². The predicted octanol–water partition coefficient (Wildman–Crippen LogP) is 11.7. The maximum Gasteiger partial charge on any atom is 0.171 e. The minimum absolute atomic E-state index is 0.305. The molecule has 3 nitrogen and oxygen atoms in total. The number of allylic oxidation sites excluding steroid dienone is 5. The molecule has 6 aromatic carbocycles. The van der Waals surface area contributed by atoms with Crippen LogP contribution in [0.3, 0.4) is 0 Å². The monoisotopic (exact) mass is 676 g/mol. The number of fused-ring (bicyclic) bond motifs is 11. The van der Waals surface area contributed by atoms with Gasteiger partial charge in [0.15, 0.2) is 7.14 Å². The van der Waals surface area contributed by atoms with E-state index in [1.807, 2.05) is 55.5 Å². The van der Waals surface area contributed by atoms with Crippen LogP contribution in [0.2, 0.25) is 0 Å². The zero-order chi connectivity index (χ0) is 34.9. The molecule has 0 amide bonds. The van der Waals surface area contributed by atoms with E-state index in [1.54, 1.807) is 6.08 Å². The first-order valence-corrected chi connectivity index (χ1v) is 19.2. The Morgan fingerprint density at radius 2 is 1.35 bits per heavy atom. The third-order valence-electron chi connectivity index (χ3n) is 10.8. The molecule has 0 saturated carbocycles. The summed E-state index contributed by atoms with van der Waals surface area (Å²) in [5.41, 5.74) is 11.1. The molecule has 1 atom stereocenters. The van der Waals surface area contributed by atoms with Gasteiger partial charge < -0.3 is 4.57 Å². The van der Waals surface area contributed by atoms with Gasteiger partial charge in [0, 0.05) is 32.1 Å². The lowest BCUT2D eigenvalue weighted by molar-refractivity contribution is 0.591. The van der Waals surface area contributed by atoms with Crippen LogP contribution in [-0.2, 0) is 9.98 Å². The van der Waals surface area contributed by atoms with E-state index in [-0.39, 0.29) is 5.41 Å². The van der Waals surface area contributed by atoms with Crippen molar-refractivity contribution >= 4 is 56.1 Å². The van der Waals surface area contributed by atoms with Gasteiger partial charge in [-0.1, -0.05) is 148 Å². The minimum atomic E-state index is -3.19. The molecule has 0 fully saturated rings. The van der Waals surface area contributed by atoms with Gasteiger partial charge in [0.2, 0.25) is 0 Å². The molecule has 9 rings (SSSR count). The summed E-state index contributed by atoms with van der Waals surface area (Å²) in [6.45, 7) is 10.6. The number of hydrogen-bond acceptors (Lipinski definition) is 2. The molecule has 246 valence electrons. The molecular formula is C47H37N2OP. The highest BCUT2D eigenvalue weighted by atomic mass is 31.2. The molecule has 0 saturated heterocycles. The van der Waals surface area contributed by atoms with E-state index in [2.05, 4.69) is 128 Å². The number of benzene rings is 6. The number of aromatic nitrogens is 2. The standard InChI is InChI=1S/C47H37N2OP/c1-5-7-15-33(6-2)51(50,34-16-9-8-10-17-34)35-24-27-38-37-25-22-31(28-41(37)47(3,4)42(38)30-35)32-23-26-39-36-18-11-12-19-40(36)46-48-43-20-13-14-21-44(43)49(46)45(39)29-32/h5-30H,2H2,1,3-4H3/b7-5-,33-15+. The maximum absolute atomic E-state index is 15.3. The number of hydrogen-bond donors (Lipinski definition) is 0. The first-order chi connectivity index (χ1) is 24.8. The van der Waals surface area contributed by atoms with Crippen molar-refractivity contribution in [2.24, 2.45) is 0 Å². The zero-order valence-electron chi connectivity index (χ0n) is 29.0. The predicted molar refractivity (Wildman–Crippen MR) is 217 cm³/mol. The van der Waals surface area contributed by atoms with Crippen molar-refractivity contribution in [1.29, 1.82) is 0 Å². The van der Waals surface area contributed by atoms with Crippen molar-refractivity contribution in [2.45, 2.75) is 26.2 Å². The molecule has 0 bridgehead atoms. The average molecular weight is 677 g/mol. The largest absolute Gasteiger partial charge is 0.309 e. The summed E-state index contributed by atoms with van der Waals surface area (Å²) in [4.78, 5) is 5.09. The fourth-order valence-corrected chi connectivity index (χ4v) is 10.8. The molecule has 2 aromatic heterocycles. The molecule has 1 unspecified atom stereocenters. The van der Waals surface area contributed by atoms with E-state index in [0.29, 0.717) is 0 Å². The molecule has 0 radical (unpaired) electrons. The highest BCUT2D eigenvalue weighted by Crippen LogP contribution is 2.55. The van der Waals surface area contributed by atoms with Crippen LogP contribution in [0.4, 0.5) is 0 Å². The molecule has 2 heterocycles. The Morgan fingerprint density at radius 3 is 2.14 bits per heavy atom. The second-order valence-corrected chi connectivity index (χ2v) is 16.7. The number of rotatable bonds is 6. The van der Waals surface area contributed by atoms with Gasteiger partial charge in [0.25, 0.3) is 0 Å². The number of pyridine rings is 1. The Labute approximate surface area is 298 Å². The first kappa shape index (κ1) is 31.2. The second kappa shape index (κ2) is 11.7. The van der Waals surface area contributed by atoms with E-state index in [9.17, 15) is 0 Å². The Kier molecular flexibility index (Phi) is 7.14. The van der Waals surface area contributed by atoms with Crippen LogP contribution < -0.4 is 10.6 Å². The SMILES string of the molecule is C=C/C(=C\C=C/C)P(=O)(c1ccccc1)c1ccc2c(c1)C(C)(C)c1cc(-c3ccc4c5ccccc5c5nc6ccccc6n5c4c3)ccc1-2. The summed E-state index contributed by atoms with van der Waals surface area (Å²) in [7, 11) is -3.19. The Morgan fingerprint density at radius 1 is 0.686 bits per heavy atom. The Balaban J connectivity index is 1.20. The molecule has 0 N–H and O–H groups in total. The lowest BCUT2D eigenvalue weighted by Crippen LogP contribution is -2.21. The molecular weight excluding hydrogens is 640 g/mol. The van der Waals surface area contributed by atoms with E-state index in [4.69, 9.17) is 4.98 Å². The molecule has 0 spiro atoms. The van der Waals surface area contributed by atoms with E-state index in [1.165, 1.54) is 38.6 Å². The molecule has 8 aromatic rings. The van der Waals surface area contributed by atoms with Crippen LogP contribution >= 0.6 is 7.14 Å². The molecule has 0 aliphatic heterocycles. The lowest BCUT2D eigenvalue weighted by Gasteiger charge is -2.25. The van der Waals surface area contributed by atoms with Gasteiger partial charge in [-0.3, -0.25) is 4.40 Å². The summed E-state index contributed by atoms with van der Waals surface area (Å²) >= 11 is 0. The number of imidazole rings is 1. The van der Waals surface area contributed by atoms with Crippen molar-refractivity contribution in [3.05, 3.63) is 181 Å². The van der Waals surface area contributed by atoms with Gasteiger partial charge in [-0.05, 0) is 76.0 Å². The van der Waals surface area contributed by atoms with Gasteiger partial charge in [-0.25, -0.2) is 4.98 Å². The molecule has 1 aliphatic carbocycles. The average Bonchev–Trinajstić information content (AvgIpc) is 3.68. The van der Waals surface area contributed by atoms with Crippen molar-refractivity contribution < 1.29 is 4.57 Å². The fourth-order valence-electron chi connectivity index (χ4n) is 8.17. The summed E-state index contributed by atoms with van der Waals surface area (Å²) in [6.07, 6.45) is 7.58. The van der Waals surface area contributed by atoms with Crippen LogP contribution in [0.1, 0.15) is 31.9 Å². The van der Waals surface area contributed by atoms with Crippen LogP contribution in [0.5, 0.6) is 0 Å². The normalized spacial score (nSPS) is 15.1. The van der Waals surface area contributed by atoms with Crippen LogP contribution in [0.25, 0.3) is 60.6 Å². The minimum Gasteiger partial charge on any atom is -0.309 e. The van der Waals surface area contributed by atoms with Gasteiger partial charge in [-0.2, -0.15) is 0 Å². The molecule has 4 heteroatoms. The number of para-hydroxylation sites is 2. The quantitative estimate of drug-likeness (QED) is 0.0998. The summed E-state index contributed by atoms with van der Waals surface area (Å²) in [5, 5.41) is 5.92. The third-order valence-corrected chi connectivity index (χ3v) is 13.9. The molecule has 51 heavy (non-hydrogen) atoms. The smallest absolute Gasteiger partial charge is 0.171 e. The number of nitrogens with zero attached hydrogens (tertiary/aromatic N) is 2. The van der Waals surface area contributed by atoms with Crippen molar-refractivity contribution in [3.8, 4) is 22.3 Å². The zero-order valence-corrected chi connectivity index (χ0v) is 29.9. The second-order valence-electron chi connectivity index (χ2n) is 13.9. The lowest BCUT2D eigenvalue weighted by atomic mass is 9.81. The third kappa shape index (κ3) is 4.58. The van der Waals surface area contributed by atoms with Crippen molar-refractivity contribution in [1.82, 2.24) is 9.38 Å². The maximum atomic E-state index is 15.3. The summed E-state index contributed by atoms with van der Waals surface area (Å²) in [5.74, 6) is 0. The van der Waals surface area contributed by atoms with Crippen LogP contribution in [0.15, 0.2) is 170 Å². The van der Waals surface area contributed by atoms with Gasteiger partial charge in [0.05, 0.1) is 16.6 Å². The fraction of sp³-hybridized carbons (Fsp3) is 0.0851.